The van der Waals surface area contributed by atoms with Crippen LogP contribution in [0.4, 0.5) is 0 Å². The first kappa shape index (κ1) is 15.6. The summed E-state index contributed by atoms with van der Waals surface area (Å²) in [5, 5.41) is 3.54. The van der Waals surface area contributed by atoms with E-state index in [1.165, 1.54) is 24.8 Å². The molecule has 122 valence electrons. The number of sulfone groups is 1. The lowest BCUT2D eigenvalue weighted by Gasteiger charge is -2.28. The van der Waals surface area contributed by atoms with Crippen molar-refractivity contribution in [1.82, 2.24) is 5.32 Å². The summed E-state index contributed by atoms with van der Waals surface area (Å²) in [5.41, 5.74) is 1.19. The smallest absolute Gasteiger partial charge is 0.161 e. The molecule has 0 aromatic heterocycles. The van der Waals surface area contributed by atoms with Crippen LogP contribution in [0.2, 0.25) is 0 Å². The zero-order valence-corrected chi connectivity index (χ0v) is 13.7. The third kappa shape index (κ3) is 3.73. The number of piperidine rings is 1. The van der Waals surface area contributed by atoms with Gasteiger partial charge in [0.25, 0.3) is 0 Å². The Bertz CT molecular complexity index is 611. The minimum absolute atomic E-state index is 0.102. The summed E-state index contributed by atoms with van der Waals surface area (Å²) in [4.78, 5) is 0. The van der Waals surface area contributed by atoms with E-state index in [9.17, 15) is 8.42 Å². The van der Waals surface area contributed by atoms with E-state index >= 15 is 0 Å². The Kier molecular flexibility index (Phi) is 4.59. The second-order valence-electron chi connectivity index (χ2n) is 6.15. The Morgan fingerprint density at radius 1 is 1.23 bits per heavy atom. The van der Waals surface area contributed by atoms with Gasteiger partial charge in [-0.25, -0.2) is 8.42 Å². The van der Waals surface area contributed by atoms with Gasteiger partial charge in [0.1, 0.15) is 6.10 Å². The molecular formula is C16H23NO4S. The van der Waals surface area contributed by atoms with Crippen molar-refractivity contribution in [1.29, 1.82) is 0 Å². The molecule has 1 atom stereocenters. The van der Waals surface area contributed by atoms with Gasteiger partial charge in [-0.15, -0.1) is 0 Å². The van der Waals surface area contributed by atoms with Crippen molar-refractivity contribution in [2.75, 3.05) is 25.2 Å². The predicted octanol–water partition coefficient (Wildman–Crippen LogP) is 1.56. The summed E-state index contributed by atoms with van der Waals surface area (Å²) >= 11 is 0. The average Bonchev–Trinajstić information content (AvgIpc) is 2.47. The molecule has 2 aliphatic rings. The molecular weight excluding hydrogens is 302 g/mol. The third-order valence-electron chi connectivity index (χ3n) is 4.30. The van der Waals surface area contributed by atoms with E-state index in [0.717, 1.165) is 13.0 Å². The molecule has 2 saturated heterocycles. The summed E-state index contributed by atoms with van der Waals surface area (Å²) in [6.45, 7) is 1.09. The summed E-state index contributed by atoms with van der Waals surface area (Å²) < 4.78 is 33.6. The van der Waals surface area contributed by atoms with E-state index in [4.69, 9.17) is 9.47 Å². The van der Waals surface area contributed by atoms with Gasteiger partial charge in [0, 0.05) is 6.04 Å². The first-order chi connectivity index (χ1) is 10.6. The maximum Gasteiger partial charge on any atom is 0.161 e. The van der Waals surface area contributed by atoms with Crippen LogP contribution in [0.5, 0.6) is 11.5 Å². The molecule has 22 heavy (non-hydrogen) atoms. The number of rotatable bonds is 5. The first-order valence-corrected chi connectivity index (χ1v) is 9.65. The van der Waals surface area contributed by atoms with E-state index in [2.05, 4.69) is 11.4 Å². The van der Waals surface area contributed by atoms with Crippen LogP contribution in [0.15, 0.2) is 18.2 Å². The van der Waals surface area contributed by atoms with Gasteiger partial charge in [-0.1, -0.05) is 12.5 Å². The zero-order chi connectivity index (χ0) is 15.6. The Morgan fingerprint density at radius 3 is 2.68 bits per heavy atom. The Balaban J connectivity index is 1.68. The number of hydrogen-bond donors (Lipinski definition) is 1. The normalized spacial score (nSPS) is 24.5. The lowest BCUT2D eigenvalue weighted by atomic mass is 9.97. The van der Waals surface area contributed by atoms with Crippen LogP contribution in [0.1, 0.15) is 24.8 Å². The van der Waals surface area contributed by atoms with Crippen molar-refractivity contribution >= 4 is 9.84 Å². The van der Waals surface area contributed by atoms with Crippen LogP contribution in [-0.4, -0.2) is 45.7 Å². The maximum atomic E-state index is 11.3. The molecule has 1 aromatic rings. The van der Waals surface area contributed by atoms with E-state index in [1.54, 1.807) is 7.11 Å². The molecule has 2 aliphatic heterocycles. The summed E-state index contributed by atoms with van der Waals surface area (Å²) in [5.74, 6) is 1.51. The molecule has 5 nitrogen and oxygen atoms in total. The molecule has 0 saturated carbocycles. The van der Waals surface area contributed by atoms with Crippen LogP contribution >= 0.6 is 0 Å². The highest BCUT2D eigenvalue weighted by atomic mass is 32.2. The number of methoxy groups -OCH3 is 1. The topological polar surface area (TPSA) is 64.6 Å². The quantitative estimate of drug-likeness (QED) is 0.890. The second-order valence-corrected chi connectivity index (χ2v) is 8.31. The molecule has 0 radical (unpaired) electrons. The lowest BCUT2D eigenvalue weighted by molar-refractivity contribution is 0.219. The third-order valence-corrected chi connectivity index (χ3v) is 6.06. The monoisotopic (exact) mass is 325 g/mol. The zero-order valence-electron chi connectivity index (χ0n) is 12.9. The van der Waals surface area contributed by atoms with Gasteiger partial charge >= 0.3 is 0 Å². The molecule has 2 heterocycles. The van der Waals surface area contributed by atoms with Gasteiger partial charge in [-0.2, -0.15) is 0 Å². The number of nitrogens with one attached hydrogen (secondary N) is 1. The summed E-state index contributed by atoms with van der Waals surface area (Å²) in [6.07, 6.45) is 4.44. The molecule has 1 aromatic carbocycles. The molecule has 3 rings (SSSR count). The van der Waals surface area contributed by atoms with Crippen molar-refractivity contribution in [3.05, 3.63) is 23.8 Å². The van der Waals surface area contributed by atoms with Gasteiger partial charge < -0.3 is 14.8 Å². The molecule has 1 N–H and O–H groups in total. The second kappa shape index (κ2) is 6.46. The predicted molar refractivity (Wildman–Crippen MR) is 85.4 cm³/mol. The standard InChI is InChI=1S/C16H23NO4S/c1-20-15-6-5-12(8-13-4-2-3-7-17-13)9-16(15)21-14-10-22(18,19)11-14/h5-6,9,13-14,17H,2-4,7-8,10-11H2,1H3. The van der Waals surface area contributed by atoms with Crippen molar-refractivity contribution in [2.24, 2.45) is 0 Å². The molecule has 6 heteroatoms. The van der Waals surface area contributed by atoms with Gasteiger partial charge in [-0.05, 0) is 43.5 Å². The van der Waals surface area contributed by atoms with Gasteiger partial charge in [0.05, 0.1) is 18.6 Å². The van der Waals surface area contributed by atoms with Crippen molar-refractivity contribution in [3.63, 3.8) is 0 Å². The fourth-order valence-corrected chi connectivity index (χ4v) is 4.26. The van der Waals surface area contributed by atoms with Gasteiger partial charge in [0.15, 0.2) is 21.3 Å². The summed E-state index contributed by atoms with van der Waals surface area (Å²) in [7, 11) is -1.28. The Hall–Kier alpha value is -1.27. The van der Waals surface area contributed by atoms with Crippen molar-refractivity contribution in [2.45, 2.75) is 37.8 Å². The molecule has 0 spiro atoms. The molecule has 0 bridgehead atoms. The van der Waals surface area contributed by atoms with Crippen LogP contribution < -0.4 is 14.8 Å². The largest absolute Gasteiger partial charge is 0.493 e. The van der Waals surface area contributed by atoms with E-state index in [0.29, 0.717) is 17.5 Å². The Morgan fingerprint density at radius 2 is 2.05 bits per heavy atom. The molecule has 0 amide bonds. The minimum Gasteiger partial charge on any atom is -0.493 e. The van der Waals surface area contributed by atoms with Crippen LogP contribution in [0.25, 0.3) is 0 Å². The SMILES string of the molecule is COc1ccc(CC2CCCCN2)cc1OC1CS(=O)(=O)C1. The Labute approximate surface area is 131 Å². The first-order valence-electron chi connectivity index (χ1n) is 7.83. The maximum absolute atomic E-state index is 11.3. The van der Waals surface area contributed by atoms with Gasteiger partial charge in [0.2, 0.25) is 0 Å². The number of benzene rings is 1. The minimum atomic E-state index is -2.88. The molecule has 2 fully saturated rings. The average molecular weight is 325 g/mol. The van der Waals surface area contributed by atoms with Crippen molar-refractivity contribution < 1.29 is 17.9 Å². The van der Waals surface area contributed by atoms with Gasteiger partial charge in [-0.3, -0.25) is 0 Å². The van der Waals surface area contributed by atoms with E-state index in [1.807, 2.05) is 12.1 Å². The van der Waals surface area contributed by atoms with Crippen molar-refractivity contribution in [3.8, 4) is 11.5 Å². The highest BCUT2D eigenvalue weighted by molar-refractivity contribution is 7.92. The van der Waals surface area contributed by atoms with Crippen LogP contribution in [0.3, 0.4) is 0 Å². The molecule has 1 unspecified atom stereocenters. The highest BCUT2D eigenvalue weighted by Gasteiger charge is 2.35. The van der Waals surface area contributed by atoms with E-state index in [-0.39, 0.29) is 17.6 Å². The fourth-order valence-electron chi connectivity index (χ4n) is 3.09. The number of hydrogen-bond acceptors (Lipinski definition) is 5. The fraction of sp³-hybridized carbons (Fsp3) is 0.625. The number of ether oxygens (including phenoxy) is 2. The highest BCUT2D eigenvalue weighted by Crippen LogP contribution is 2.31. The van der Waals surface area contributed by atoms with E-state index < -0.39 is 9.84 Å². The van der Waals surface area contributed by atoms with Crippen LogP contribution in [-0.2, 0) is 16.3 Å². The lowest BCUT2D eigenvalue weighted by Crippen LogP contribution is -2.45. The molecule has 0 aliphatic carbocycles. The summed E-state index contributed by atoms with van der Waals surface area (Å²) in [6, 6.07) is 6.46. The van der Waals surface area contributed by atoms with Crippen LogP contribution in [0, 0.1) is 0 Å².